The second-order valence-corrected chi connectivity index (χ2v) is 8.81. The Morgan fingerprint density at radius 3 is 2.77 bits per heavy atom. The van der Waals surface area contributed by atoms with E-state index < -0.39 is 0 Å². The van der Waals surface area contributed by atoms with Gasteiger partial charge in [0.25, 0.3) is 5.91 Å². The summed E-state index contributed by atoms with van der Waals surface area (Å²) in [6, 6.07) is 18.2. The van der Waals surface area contributed by atoms with Crippen LogP contribution in [0.5, 0.6) is 11.5 Å². The molecule has 6 heteroatoms. The van der Waals surface area contributed by atoms with Crippen LogP contribution in [0.1, 0.15) is 32.1 Å². The Balaban J connectivity index is 1.42. The molecule has 0 spiro atoms. The number of thiophene rings is 1. The molecule has 3 heterocycles. The minimum absolute atomic E-state index is 0.0812. The molecule has 0 unspecified atom stereocenters. The lowest BCUT2D eigenvalue weighted by atomic mass is 10.1. The van der Waals surface area contributed by atoms with E-state index in [1.54, 1.807) is 11.3 Å². The van der Waals surface area contributed by atoms with Gasteiger partial charge in [-0.3, -0.25) is 4.79 Å². The van der Waals surface area contributed by atoms with E-state index in [0.717, 1.165) is 27.3 Å². The molecule has 1 aliphatic heterocycles. The van der Waals surface area contributed by atoms with Gasteiger partial charge in [-0.05, 0) is 54.8 Å². The molecular weight excluding hydrogens is 396 g/mol. The van der Waals surface area contributed by atoms with Crippen molar-refractivity contribution in [1.82, 2.24) is 9.88 Å². The molecule has 0 atom stereocenters. The highest BCUT2D eigenvalue weighted by Crippen LogP contribution is 2.33. The first kappa shape index (κ1) is 18.8. The maximum absolute atomic E-state index is 13.1. The number of hydrogen-bond donors (Lipinski definition) is 1. The number of ether oxygens (including phenoxy) is 2. The molecule has 0 aliphatic carbocycles. The largest absolute Gasteiger partial charge is 0.454 e. The van der Waals surface area contributed by atoms with E-state index in [9.17, 15) is 4.79 Å². The Labute approximate surface area is 178 Å². The van der Waals surface area contributed by atoms with Gasteiger partial charge >= 0.3 is 0 Å². The van der Waals surface area contributed by atoms with Gasteiger partial charge in [-0.2, -0.15) is 0 Å². The zero-order valence-electron chi connectivity index (χ0n) is 16.9. The van der Waals surface area contributed by atoms with Crippen LogP contribution in [0.25, 0.3) is 10.2 Å². The third-order valence-electron chi connectivity index (χ3n) is 5.43. The van der Waals surface area contributed by atoms with Crippen LogP contribution in [0.15, 0.2) is 54.6 Å². The van der Waals surface area contributed by atoms with Crippen LogP contribution in [-0.2, 0) is 13.1 Å². The highest BCUT2D eigenvalue weighted by atomic mass is 32.1. The quantitative estimate of drug-likeness (QED) is 0.495. The van der Waals surface area contributed by atoms with Crippen LogP contribution < -0.4 is 14.8 Å². The van der Waals surface area contributed by atoms with Crippen molar-refractivity contribution in [1.29, 1.82) is 0 Å². The van der Waals surface area contributed by atoms with Gasteiger partial charge in [0.1, 0.15) is 5.69 Å². The van der Waals surface area contributed by atoms with Crippen molar-refractivity contribution in [2.24, 2.45) is 0 Å². The first-order chi connectivity index (χ1) is 14.6. The Morgan fingerprint density at radius 2 is 1.90 bits per heavy atom. The van der Waals surface area contributed by atoms with Crippen LogP contribution >= 0.6 is 11.3 Å². The van der Waals surface area contributed by atoms with Gasteiger partial charge in [-0.15, -0.1) is 11.3 Å². The van der Waals surface area contributed by atoms with Gasteiger partial charge in [0.05, 0.1) is 10.2 Å². The number of nitrogens with zero attached hydrogens (tertiary/aromatic N) is 1. The van der Waals surface area contributed by atoms with Gasteiger partial charge in [0, 0.05) is 18.0 Å². The average Bonchev–Trinajstić information content (AvgIpc) is 3.42. The van der Waals surface area contributed by atoms with E-state index in [0.29, 0.717) is 18.8 Å². The summed E-state index contributed by atoms with van der Waals surface area (Å²) in [7, 11) is 0. The maximum atomic E-state index is 13.1. The Bertz CT molecular complexity index is 1250. The number of carbonyl (C=O) groups is 1. The minimum Gasteiger partial charge on any atom is -0.454 e. The number of hydrogen-bond acceptors (Lipinski definition) is 4. The molecule has 30 heavy (non-hydrogen) atoms. The number of carbonyl (C=O) groups excluding carboxylic acids is 1. The molecule has 5 nitrogen and oxygen atoms in total. The lowest BCUT2D eigenvalue weighted by Gasteiger charge is -2.13. The summed E-state index contributed by atoms with van der Waals surface area (Å²) in [6.45, 7) is 5.54. The fourth-order valence-electron chi connectivity index (χ4n) is 3.81. The number of rotatable bonds is 5. The first-order valence-electron chi connectivity index (χ1n) is 9.89. The Kier molecular flexibility index (Phi) is 4.71. The van der Waals surface area contributed by atoms with Crippen LogP contribution in [0, 0.1) is 13.8 Å². The molecule has 1 N–H and O–H groups in total. The molecule has 5 rings (SSSR count). The second-order valence-electron chi connectivity index (χ2n) is 7.52. The van der Waals surface area contributed by atoms with Gasteiger partial charge in [0.2, 0.25) is 6.79 Å². The van der Waals surface area contributed by atoms with Gasteiger partial charge in [0.15, 0.2) is 11.5 Å². The van der Waals surface area contributed by atoms with E-state index in [1.807, 2.05) is 36.4 Å². The standard InChI is InChI=1S/C24H22N2O3S/c1-15-5-3-4-6-18(15)13-26-19-9-16(2)30-23(19)11-20(26)24(27)25-12-17-7-8-21-22(10-17)29-14-28-21/h3-11H,12-14H2,1-2H3,(H,25,27). The third kappa shape index (κ3) is 3.44. The Hall–Kier alpha value is -3.25. The molecule has 1 aliphatic rings. The highest BCUT2D eigenvalue weighted by molar-refractivity contribution is 7.19. The van der Waals surface area contributed by atoms with Crippen molar-refractivity contribution >= 4 is 27.5 Å². The lowest BCUT2D eigenvalue weighted by Crippen LogP contribution is -2.25. The summed E-state index contributed by atoms with van der Waals surface area (Å²) in [6.07, 6.45) is 0. The number of nitrogens with one attached hydrogen (secondary N) is 1. The van der Waals surface area contributed by atoms with Crippen LogP contribution in [-0.4, -0.2) is 17.3 Å². The monoisotopic (exact) mass is 418 g/mol. The number of fused-ring (bicyclic) bond motifs is 2. The topological polar surface area (TPSA) is 52.5 Å². The normalized spacial score (nSPS) is 12.5. The van der Waals surface area contributed by atoms with Crippen molar-refractivity contribution in [3.8, 4) is 11.5 Å². The molecule has 0 fully saturated rings. The van der Waals surface area contributed by atoms with Crippen molar-refractivity contribution in [2.45, 2.75) is 26.9 Å². The summed E-state index contributed by atoms with van der Waals surface area (Å²) >= 11 is 1.72. The SMILES string of the molecule is Cc1cc2c(cc(C(=O)NCc3ccc4c(c3)OCO4)n2Cc2ccccc2C)s1. The van der Waals surface area contributed by atoms with Crippen molar-refractivity contribution in [3.63, 3.8) is 0 Å². The van der Waals surface area contributed by atoms with E-state index in [4.69, 9.17) is 9.47 Å². The predicted molar refractivity (Wildman–Crippen MR) is 119 cm³/mol. The summed E-state index contributed by atoms with van der Waals surface area (Å²) in [4.78, 5) is 14.4. The fraction of sp³-hybridized carbons (Fsp3) is 0.208. The molecule has 4 aromatic rings. The number of aryl methyl sites for hydroxylation is 2. The average molecular weight is 419 g/mol. The zero-order valence-corrected chi connectivity index (χ0v) is 17.7. The second kappa shape index (κ2) is 7.54. The smallest absolute Gasteiger partial charge is 0.268 e. The van der Waals surface area contributed by atoms with Gasteiger partial charge in [-0.1, -0.05) is 30.3 Å². The molecule has 0 bridgehead atoms. The fourth-order valence-corrected chi connectivity index (χ4v) is 4.77. The first-order valence-corrected chi connectivity index (χ1v) is 10.7. The molecule has 0 saturated heterocycles. The van der Waals surface area contributed by atoms with E-state index in [1.165, 1.54) is 16.0 Å². The van der Waals surface area contributed by atoms with E-state index in [-0.39, 0.29) is 12.7 Å². The molecular formula is C24H22N2O3S. The highest BCUT2D eigenvalue weighted by Gasteiger charge is 2.19. The maximum Gasteiger partial charge on any atom is 0.268 e. The summed E-state index contributed by atoms with van der Waals surface area (Å²) < 4.78 is 14.0. The predicted octanol–water partition coefficient (Wildman–Crippen LogP) is 5.03. The zero-order chi connectivity index (χ0) is 20.7. The van der Waals surface area contributed by atoms with E-state index in [2.05, 4.69) is 41.9 Å². The lowest BCUT2D eigenvalue weighted by molar-refractivity contribution is 0.0942. The molecule has 0 radical (unpaired) electrons. The Morgan fingerprint density at radius 1 is 1.07 bits per heavy atom. The van der Waals surface area contributed by atoms with Crippen molar-refractivity contribution < 1.29 is 14.3 Å². The van der Waals surface area contributed by atoms with Crippen LogP contribution in [0.3, 0.4) is 0 Å². The summed E-state index contributed by atoms with van der Waals surface area (Å²) in [5.41, 5.74) is 5.19. The molecule has 2 aromatic heterocycles. The number of aromatic nitrogens is 1. The molecule has 0 saturated carbocycles. The minimum atomic E-state index is -0.0812. The van der Waals surface area contributed by atoms with E-state index >= 15 is 0 Å². The molecule has 152 valence electrons. The van der Waals surface area contributed by atoms with Crippen LogP contribution in [0.2, 0.25) is 0 Å². The summed E-state index contributed by atoms with van der Waals surface area (Å²) in [5.74, 6) is 1.38. The van der Waals surface area contributed by atoms with Crippen molar-refractivity contribution in [3.05, 3.63) is 81.9 Å². The third-order valence-corrected chi connectivity index (χ3v) is 6.41. The summed E-state index contributed by atoms with van der Waals surface area (Å²) in [5, 5.41) is 3.06. The molecule has 1 amide bonds. The van der Waals surface area contributed by atoms with Gasteiger partial charge < -0.3 is 19.4 Å². The van der Waals surface area contributed by atoms with Crippen molar-refractivity contribution in [2.75, 3.05) is 6.79 Å². The number of amides is 1. The number of benzene rings is 2. The van der Waals surface area contributed by atoms with Crippen LogP contribution in [0.4, 0.5) is 0 Å². The van der Waals surface area contributed by atoms with Gasteiger partial charge in [-0.25, -0.2) is 0 Å². The molecule has 2 aromatic carbocycles.